The first-order valence-corrected chi connectivity index (χ1v) is 3.51. The van der Waals surface area contributed by atoms with Crippen molar-refractivity contribution >= 4 is 23.7 Å². The molecule has 0 aliphatic carbocycles. The van der Waals surface area contributed by atoms with Gasteiger partial charge in [-0.2, -0.15) is 0 Å². The number of nitrogens with two attached hydrogens (primary N) is 2. The highest BCUT2D eigenvalue weighted by atomic mass is 16.1. The van der Waals surface area contributed by atoms with Crippen LogP contribution in [0.5, 0.6) is 0 Å². The number of rotatable bonds is 2. The summed E-state index contributed by atoms with van der Waals surface area (Å²) in [5, 5.41) is 0. The Balaban J connectivity index is 3.07. The molecule has 0 aliphatic heterocycles. The summed E-state index contributed by atoms with van der Waals surface area (Å²) in [7, 11) is 0. The summed E-state index contributed by atoms with van der Waals surface area (Å²) < 4.78 is 0. The number of carbonyl (C=O) groups is 1. The molecular formula is C9H10N2O. The van der Waals surface area contributed by atoms with Crippen LogP contribution in [-0.4, -0.2) is 6.29 Å². The monoisotopic (exact) mass is 162 g/mol. The number of para-hydroxylation sites is 1. The van der Waals surface area contributed by atoms with Crippen molar-refractivity contribution in [3.8, 4) is 0 Å². The highest BCUT2D eigenvalue weighted by molar-refractivity contribution is 5.81. The topological polar surface area (TPSA) is 69.1 Å². The smallest absolute Gasteiger partial charge is 0.142 e. The fourth-order valence-corrected chi connectivity index (χ4v) is 0.890. The third kappa shape index (κ3) is 1.63. The zero-order valence-electron chi connectivity index (χ0n) is 6.53. The predicted octanol–water partition coefficient (Wildman–Crippen LogP) is 1.06. The van der Waals surface area contributed by atoms with E-state index in [4.69, 9.17) is 11.5 Å². The number of carbonyl (C=O) groups excluding carboxylic acids is 1. The van der Waals surface area contributed by atoms with Gasteiger partial charge in [-0.1, -0.05) is 12.1 Å². The van der Waals surface area contributed by atoms with Gasteiger partial charge >= 0.3 is 0 Å². The zero-order valence-corrected chi connectivity index (χ0v) is 6.53. The molecule has 4 N–H and O–H groups in total. The van der Waals surface area contributed by atoms with Crippen LogP contribution in [0.3, 0.4) is 0 Å². The molecule has 0 atom stereocenters. The molecule has 1 rings (SSSR count). The van der Waals surface area contributed by atoms with E-state index in [0.29, 0.717) is 17.7 Å². The molecular weight excluding hydrogens is 152 g/mol. The van der Waals surface area contributed by atoms with E-state index in [1.54, 1.807) is 24.3 Å². The number of aldehydes is 1. The number of benzene rings is 1. The standard InChI is InChI=1S/C9H10N2O/c10-8-5-1-3-7(9(8)11)4-2-6-12/h1-6H,10-11H2. The minimum atomic E-state index is 0.510. The molecule has 0 bridgehead atoms. The second kappa shape index (κ2) is 3.57. The molecule has 0 amide bonds. The molecule has 3 nitrogen and oxygen atoms in total. The molecule has 0 unspecified atom stereocenters. The molecule has 0 fully saturated rings. The number of nitrogen functional groups attached to an aromatic ring is 2. The zero-order chi connectivity index (χ0) is 8.97. The Morgan fingerprint density at radius 2 is 2.00 bits per heavy atom. The third-order valence-electron chi connectivity index (χ3n) is 1.53. The Bertz CT molecular complexity index is 318. The lowest BCUT2D eigenvalue weighted by Crippen LogP contribution is -1.96. The van der Waals surface area contributed by atoms with Gasteiger partial charge in [0.05, 0.1) is 11.4 Å². The normalized spacial score (nSPS) is 10.3. The van der Waals surface area contributed by atoms with Crippen LogP contribution in [0.4, 0.5) is 11.4 Å². The second-order valence-electron chi connectivity index (χ2n) is 2.35. The average Bonchev–Trinajstić information content (AvgIpc) is 2.08. The molecule has 0 spiro atoms. The lowest BCUT2D eigenvalue weighted by molar-refractivity contribution is -0.104. The van der Waals surface area contributed by atoms with Crippen LogP contribution in [0.15, 0.2) is 24.3 Å². The summed E-state index contributed by atoms with van der Waals surface area (Å²) in [6.45, 7) is 0. The van der Waals surface area contributed by atoms with Crippen molar-refractivity contribution in [3.05, 3.63) is 29.8 Å². The van der Waals surface area contributed by atoms with Crippen molar-refractivity contribution in [2.75, 3.05) is 11.5 Å². The second-order valence-corrected chi connectivity index (χ2v) is 2.35. The van der Waals surface area contributed by atoms with E-state index in [1.807, 2.05) is 0 Å². The molecule has 0 radical (unpaired) electrons. The Morgan fingerprint density at radius 3 is 2.67 bits per heavy atom. The number of hydrogen-bond donors (Lipinski definition) is 2. The summed E-state index contributed by atoms with van der Waals surface area (Å²) in [5.74, 6) is 0. The molecule has 0 heterocycles. The number of allylic oxidation sites excluding steroid dienone is 1. The third-order valence-corrected chi connectivity index (χ3v) is 1.53. The number of anilines is 2. The summed E-state index contributed by atoms with van der Waals surface area (Å²) in [6, 6.07) is 5.30. The van der Waals surface area contributed by atoms with Crippen molar-refractivity contribution in [3.63, 3.8) is 0 Å². The van der Waals surface area contributed by atoms with Crippen molar-refractivity contribution < 1.29 is 4.79 Å². The van der Waals surface area contributed by atoms with E-state index in [0.717, 1.165) is 5.56 Å². The Kier molecular flexibility index (Phi) is 2.48. The molecule has 12 heavy (non-hydrogen) atoms. The van der Waals surface area contributed by atoms with Gasteiger partial charge in [-0.25, -0.2) is 0 Å². The van der Waals surface area contributed by atoms with E-state index in [9.17, 15) is 4.79 Å². The van der Waals surface area contributed by atoms with Crippen LogP contribution in [0.25, 0.3) is 6.08 Å². The molecule has 1 aromatic carbocycles. The first-order valence-electron chi connectivity index (χ1n) is 3.51. The van der Waals surface area contributed by atoms with Gasteiger partial charge in [-0.15, -0.1) is 0 Å². The van der Waals surface area contributed by atoms with E-state index < -0.39 is 0 Å². The van der Waals surface area contributed by atoms with E-state index in [2.05, 4.69) is 0 Å². The van der Waals surface area contributed by atoms with Crippen LogP contribution in [0, 0.1) is 0 Å². The maximum Gasteiger partial charge on any atom is 0.142 e. The minimum Gasteiger partial charge on any atom is -0.397 e. The van der Waals surface area contributed by atoms with Gasteiger partial charge in [-0.3, -0.25) is 4.79 Å². The Hall–Kier alpha value is -1.77. The summed E-state index contributed by atoms with van der Waals surface area (Å²) in [6.07, 6.45) is 3.70. The fraction of sp³-hybridized carbons (Fsp3) is 0. The van der Waals surface area contributed by atoms with Crippen LogP contribution in [0.2, 0.25) is 0 Å². The largest absolute Gasteiger partial charge is 0.397 e. The molecule has 0 aliphatic rings. The summed E-state index contributed by atoms with van der Waals surface area (Å²) in [5.41, 5.74) is 13.0. The van der Waals surface area contributed by atoms with E-state index in [1.165, 1.54) is 6.08 Å². The van der Waals surface area contributed by atoms with Crippen molar-refractivity contribution in [2.24, 2.45) is 0 Å². The van der Waals surface area contributed by atoms with E-state index in [-0.39, 0.29) is 0 Å². The van der Waals surface area contributed by atoms with Gasteiger partial charge in [0, 0.05) is 0 Å². The quantitative estimate of drug-likeness (QED) is 0.388. The highest BCUT2D eigenvalue weighted by Gasteiger charge is 1.96. The first-order chi connectivity index (χ1) is 5.75. The maximum atomic E-state index is 10.0. The summed E-state index contributed by atoms with van der Waals surface area (Å²) in [4.78, 5) is 10.0. The van der Waals surface area contributed by atoms with Crippen LogP contribution < -0.4 is 11.5 Å². The van der Waals surface area contributed by atoms with Gasteiger partial charge in [0.2, 0.25) is 0 Å². The molecule has 3 heteroatoms. The molecule has 1 aromatic rings. The number of hydrogen-bond acceptors (Lipinski definition) is 3. The molecule has 62 valence electrons. The van der Waals surface area contributed by atoms with Gasteiger partial charge in [0.1, 0.15) is 6.29 Å². The highest BCUT2D eigenvalue weighted by Crippen LogP contribution is 2.20. The van der Waals surface area contributed by atoms with Crippen LogP contribution >= 0.6 is 0 Å². The molecule has 0 saturated carbocycles. The van der Waals surface area contributed by atoms with Crippen molar-refractivity contribution in [1.82, 2.24) is 0 Å². The Labute approximate surface area is 70.7 Å². The van der Waals surface area contributed by atoms with Gasteiger partial charge < -0.3 is 11.5 Å². The van der Waals surface area contributed by atoms with Crippen LogP contribution in [-0.2, 0) is 4.79 Å². The minimum absolute atomic E-state index is 0.510. The lowest BCUT2D eigenvalue weighted by atomic mass is 10.1. The van der Waals surface area contributed by atoms with Crippen LogP contribution in [0.1, 0.15) is 5.56 Å². The summed E-state index contributed by atoms with van der Waals surface area (Å²) >= 11 is 0. The maximum absolute atomic E-state index is 10.0. The van der Waals surface area contributed by atoms with E-state index >= 15 is 0 Å². The Morgan fingerprint density at radius 1 is 1.25 bits per heavy atom. The lowest BCUT2D eigenvalue weighted by Gasteiger charge is -2.02. The average molecular weight is 162 g/mol. The molecule has 0 aromatic heterocycles. The van der Waals surface area contributed by atoms with Crippen molar-refractivity contribution in [1.29, 1.82) is 0 Å². The van der Waals surface area contributed by atoms with Gasteiger partial charge in [-0.05, 0) is 23.8 Å². The predicted molar refractivity (Wildman–Crippen MR) is 50.4 cm³/mol. The fourth-order valence-electron chi connectivity index (χ4n) is 0.890. The van der Waals surface area contributed by atoms with Gasteiger partial charge in [0.15, 0.2) is 0 Å². The SMILES string of the molecule is Nc1cccc(C=CC=O)c1N. The van der Waals surface area contributed by atoms with Crippen molar-refractivity contribution in [2.45, 2.75) is 0 Å². The molecule has 0 saturated heterocycles. The van der Waals surface area contributed by atoms with Gasteiger partial charge in [0.25, 0.3) is 0 Å². The first kappa shape index (κ1) is 8.33.